The summed E-state index contributed by atoms with van der Waals surface area (Å²) >= 11 is 1.76. The Morgan fingerprint density at radius 2 is 1.88 bits per heavy atom. The lowest BCUT2D eigenvalue weighted by molar-refractivity contribution is 0.576. The zero-order chi connectivity index (χ0) is 9.97. The Balaban J connectivity index is 0.00000112. The van der Waals surface area contributed by atoms with Gasteiger partial charge >= 0.3 is 0 Å². The Kier molecular flexibility index (Phi) is 7.31. The highest BCUT2D eigenvalue weighted by Crippen LogP contribution is 2.27. The molecule has 0 atom stereocenters. The zero-order valence-electron chi connectivity index (χ0n) is 9.44. The first-order valence-corrected chi connectivity index (χ1v) is 6.04. The highest BCUT2D eigenvalue weighted by Gasteiger charge is 2.15. The first-order chi connectivity index (χ1) is 6.81. The van der Waals surface area contributed by atoms with Crippen LogP contribution in [-0.4, -0.2) is 18.1 Å². The smallest absolute Gasteiger partial charge is 0.185 e. The van der Waals surface area contributed by atoms with Gasteiger partial charge in [0.2, 0.25) is 0 Å². The van der Waals surface area contributed by atoms with E-state index in [-0.39, 0.29) is 24.8 Å². The molecule has 0 aliphatic carbocycles. The number of halogens is 2. The van der Waals surface area contributed by atoms with Crippen LogP contribution in [0.25, 0.3) is 0 Å². The Morgan fingerprint density at radius 1 is 1.25 bits per heavy atom. The van der Waals surface area contributed by atoms with Crippen molar-refractivity contribution in [2.24, 2.45) is 5.73 Å². The van der Waals surface area contributed by atoms with Crippen molar-refractivity contribution < 1.29 is 0 Å². The average Bonchev–Trinajstić information content (AvgIpc) is 2.61. The van der Waals surface area contributed by atoms with Crippen molar-refractivity contribution in [3.63, 3.8) is 0 Å². The molecule has 0 radical (unpaired) electrons. The average molecular weight is 284 g/mol. The summed E-state index contributed by atoms with van der Waals surface area (Å²) in [7, 11) is 0. The fraction of sp³-hybridized carbons (Fsp3) is 0.700. The normalized spacial score (nSPS) is 15.2. The number of aromatic nitrogens is 1. The van der Waals surface area contributed by atoms with Crippen LogP contribution in [0.5, 0.6) is 0 Å². The first kappa shape index (κ1) is 16.0. The van der Waals surface area contributed by atoms with E-state index in [1.807, 2.05) is 6.92 Å². The molecule has 2 N–H and O–H groups in total. The second kappa shape index (κ2) is 7.33. The van der Waals surface area contributed by atoms with Gasteiger partial charge in [0, 0.05) is 24.5 Å². The Labute approximate surface area is 113 Å². The molecule has 0 bridgehead atoms. The minimum Gasteiger partial charge on any atom is -0.348 e. The van der Waals surface area contributed by atoms with Gasteiger partial charge in [0.1, 0.15) is 0 Å². The summed E-state index contributed by atoms with van der Waals surface area (Å²) in [4.78, 5) is 8.19. The molecule has 0 spiro atoms. The number of hydrogen-bond acceptors (Lipinski definition) is 4. The van der Waals surface area contributed by atoms with E-state index in [0.717, 1.165) is 18.8 Å². The summed E-state index contributed by atoms with van der Waals surface area (Å²) in [6, 6.07) is 0. The number of rotatable bonds is 2. The van der Waals surface area contributed by atoms with Crippen molar-refractivity contribution >= 4 is 41.3 Å². The molecule has 6 heteroatoms. The molecule has 16 heavy (non-hydrogen) atoms. The van der Waals surface area contributed by atoms with Gasteiger partial charge in [0.15, 0.2) is 5.13 Å². The van der Waals surface area contributed by atoms with E-state index in [1.54, 1.807) is 11.3 Å². The maximum absolute atomic E-state index is 5.65. The van der Waals surface area contributed by atoms with Crippen LogP contribution in [0, 0.1) is 6.92 Å². The molecule has 1 aliphatic rings. The van der Waals surface area contributed by atoms with Crippen LogP contribution in [0.2, 0.25) is 0 Å². The molecule has 0 saturated carbocycles. The van der Waals surface area contributed by atoms with Crippen molar-refractivity contribution in [2.45, 2.75) is 32.7 Å². The van der Waals surface area contributed by atoms with Gasteiger partial charge in [-0.2, -0.15) is 0 Å². The van der Waals surface area contributed by atoms with E-state index in [2.05, 4.69) is 9.88 Å². The summed E-state index contributed by atoms with van der Waals surface area (Å²) < 4.78 is 0. The molecule has 1 fully saturated rings. The second-order valence-corrected chi connectivity index (χ2v) is 4.82. The van der Waals surface area contributed by atoms with E-state index in [1.165, 1.54) is 29.3 Å². The molecule has 94 valence electrons. The number of anilines is 1. The lowest BCUT2D eigenvalue weighted by Crippen LogP contribution is -2.29. The van der Waals surface area contributed by atoms with Crippen LogP contribution in [-0.2, 0) is 6.54 Å². The molecule has 1 saturated heterocycles. The van der Waals surface area contributed by atoms with Crippen LogP contribution in [0.4, 0.5) is 5.13 Å². The molecule has 3 nitrogen and oxygen atoms in total. The fourth-order valence-electron chi connectivity index (χ4n) is 1.82. The van der Waals surface area contributed by atoms with Gasteiger partial charge in [-0.3, -0.25) is 0 Å². The molecule has 2 heterocycles. The molecule has 0 amide bonds. The Hall–Kier alpha value is -0.0300. The quantitative estimate of drug-likeness (QED) is 0.908. The van der Waals surface area contributed by atoms with Gasteiger partial charge in [0.25, 0.3) is 0 Å². The monoisotopic (exact) mass is 283 g/mol. The topological polar surface area (TPSA) is 42.2 Å². The van der Waals surface area contributed by atoms with E-state index in [9.17, 15) is 0 Å². The summed E-state index contributed by atoms with van der Waals surface area (Å²) in [6.07, 6.45) is 3.97. The van der Waals surface area contributed by atoms with Gasteiger partial charge in [-0.25, -0.2) is 4.98 Å². The van der Waals surface area contributed by atoms with Crippen molar-refractivity contribution in [3.8, 4) is 0 Å². The van der Waals surface area contributed by atoms with Crippen molar-refractivity contribution in [1.82, 2.24) is 4.98 Å². The Bertz CT molecular complexity index is 311. The van der Waals surface area contributed by atoms with Gasteiger partial charge in [-0.05, 0) is 26.2 Å². The van der Waals surface area contributed by atoms with Crippen LogP contribution in [0.3, 0.4) is 0 Å². The van der Waals surface area contributed by atoms with Crippen LogP contribution in [0.15, 0.2) is 0 Å². The molecular formula is C10H19Cl2N3S. The minimum absolute atomic E-state index is 0. The maximum Gasteiger partial charge on any atom is 0.185 e. The van der Waals surface area contributed by atoms with Crippen molar-refractivity contribution in [2.75, 3.05) is 18.0 Å². The number of nitrogens with zero attached hydrogens (tertiary/aromatic N) is 2. The number of piperidine rings is 1. The SMILES string of the molecule is Cc1nc(N2CCCCC2)sc1CN.Cl.Cl. The van der Waals surface area contributed by atoms with Gasteiger partial charge < -0.3 is 10.6 Å². The summed E-state index contributed by atoms with van der Waals surface area (Å²) in [5, 5.41) is 1.17. The lowest BCUT2D eigenvalue weighted by Gasteiger charge is -2.25. The summed E-state index contributed by atoms with van der Waals surface area (Å²) in [5.41, 5.74) is 6.75. The molecule has 2 rings (SSSR count). The number of aryl methyl sites for hydroxylation is 1. The third-order valence-electron chi connectivity index (χ3n) is 2.69. The summed E-state index contributed by atoms with van der Waals surface area (Å²) in [5.74, 6) is 0. The number of thiazole rings is 1. The van der Waals surface area contributed by atoms with Crippen LogP contribution < -0.4 is 10.6 Å². The van der Waals surface area contributed by atoms with Gasteiger partial charge in [-0.15, -0.1) is 36.2 Å². The van der Waals surface area contributed by atoms with Crippen molar-refractivity contribution in [3.05, 3.63) is 10.6 Å². The standard InChI is InChI=1S/C10H17N3S.2ClH/c1-8-9(7-11)14-10(12-8)13-5-3-2-4-6-13;;/h2-7,11H2,1H3;2*1H. The van der Waals surface area contributed by atoms with Crippen LogP contribution >= 0.6 is 36.2 Å². The van der Waals surface area contributed by atoms with E-state index < -0.39 is 0 Å². The molecular weight excluding hydrogens is 265 g/mol. The van der Waals surface area contributed by atoms with Crippen LogP contribution in [0.1, 0.15) is 29.8 Å². The largest absolute Gasteiger partial charge is 0.348 e. The third kappa shape index (κ3) is 3.48. The minimum atomic E-state index is 0. The first-order valence-electron chi connectivity index (χ1n) is 5.22. The predicted molar refractivity (Wildman–Crippen MR) is 75.3 cm³/mol. The lowest BCUT2D eigenvalue weighted by atomic mass is 10.1. The molecule has 1 aliphatic heterocycles. The fourth-order valence-corrected chi connectivity index (χ4v) is 2.81. The number of nitrogens with two attached hydrogens (primary N) is 1. The predicted octanol–water partition coefficient (Wildman–Crippen LogP) is 2.74. The Morgan fingerprint density at radius 3 is 2.38 bits per heavy atom. The van der Waals surface area contributed by atoms with E-state index in [0.29, 0.717) is 6.54 Å². The molecule has 0 unspecified atom stereocenters. The highest BCUT2D eigenvalue weighted by molar-refractivity contribution is 7.15. The highest BCUT2D eigenvalue weighted by atomic mass is 35.5. The van der Waals surface area contributed by atoms with Gasteiger partial charge in [0.05, 0.1) is 5.69 Å². The van der Waals surface area contributed by atoms with E-state index >= 15 is 0 Å². The number of hydrogen-bond donors (Lipinski definition) is 1. The summed E-state index contributed by atoms with van der Waals surface area (Å²) in [6.45, 7) is 5.00. The maximum atomic E-state index is 5.65. The van der Waals surface area contributed by atoms with Crippen molar-refractivity contribution in [1.29, 1.82) is 0 Å². The third-order valence-corrected chi connectivity index (χ3v) is 3.93. The van der Waals surface area contributed by atoms with Gasteiger partial charge in [-0.1, -0.05) is 0 Å². The molecule has 1 aromatic rings. The molecule has 0 aromatic carbocycles. The zero-order valence-corrected chi connectivity index (χ0v) is 11.9. The van der Waals surface area contributed by atoms with E-state index in [4.69, 9.17) is 5.73 Å². The molecule has 1 aromatic heterocycles. The second-order valence-electron chi connectivity index (χ2n) is 3.76.